The number of hydrogen-bond donors (Lipinski definition) is 2. The van der Waals surface area contributed by atoms with Gasteiger partial charge in [-0.2, -0.15) is 5.10 Å². The second kappa shape index (κ2) is 9.75. The van der Waals surface area contributed by atoms with Crippen molar-refractivity contribution in [1.29, 1.82) is 0 Å². The highest BCUT2D eigenvalue weighted by Crippen LogP contribution is 2.31. The minimum atomic E-state index is 0.686. The molecule has 0 amide bonds. The van der Waals surface area contributed by atoms with Gasteiger partial charge in [0.05, 0.1) is 24.0 Å². The Morgan fingerprint density at radius 2 is 1.68 bits per heavy atom. The number of benzene rings is 3. The summed E-state index contributed by atoms with van der Waals surface area (Å²) in [5.74, 6) is 1.67. The van der Waals surface area contributed by atoms with Crippen molar-refractivity contribution in [1.82, 2.24) is 25.9 Å². The van der Waals surface area contributed by atoms with Gasteiger partial charge < -0.3 is 0 Å². The number of aryl methyl sites for hydroxylation is 3. The Bertz CT molecular complexity index is 1330. The third-order valence-corrected chi connectivity index (χ3v) is 7.09. The number of nitrogens with zero attached hydrogens (tertiary/aromatic N) is 4. The van der Waals surface area contributed by atoms with E-state index in [0.29, 0.717) is 6.54 Å². The molecule has 1 aromatic heterocycles. The molecule has 2 heterocycles. The second-order valence-corrected chi connectivity index (χ2v) is 9.52. The molecule has 0 spiro atoms. The summed E-state index contributed by atoms with van der Waals surface area (Å²) < 4.78 is 2.03. The van der Waals surface area contributed by atoms with Crippen LogP contribution in [-0.4, -0.2) is 20.6 Å². The normalized spacial score (nSPS) is 13.1. The summed E-state index contributed by atoms with van der Waals surface area (Å²) in [6, 6.07) is 25.5. The van der Waals surface area contributed by atoms with E-state index < -0.39 is 0 Å². The van der Waals surface area contributed by atoms with E-state index in [1.165, 1.54) is 27.8 Å². The van der Waals surface area contributed by atoms with Crippen molar-refractivity contribution in [2.75, 3.05) is 0 Å². The van der Waals surface area contributed by atoms with Crippen LogP contribution < -0.4 is 11.1 Å². The average Bonchev–Trinajstić information content (AvgIpc) is 3.47. The van der Waals surface area contributed by atoms with Crippen LogP contribution in [0.15, 0.2) is 89.1 Å². The highest BCUT2D eigenvalue weighted by atomic mass is 32.2. The van der Waals surface area contributed by atoms with Gasteiger partial charge >= 0.3 is 0 Å². The molecule has 0 saturated heterocycles. The van der Waals surface area contributed by atoms with Crippen LogP contribution in [0.4, 0.5) is 0 Å². The topological polar surface area (TPSA) is 57.5 Å². The molecule has 0 aliphatic carbocycles. The summed E-state index contributed by atoms with van der Waals surface area (Å²) >= 11 is 1.77. The summed E-state index contributed by atoms with van der Waals surface area (Å²) in [5.41, 5.74) is 14.4. The van der Waals surface area contributed by atoms with Crippen molar-refractivity contribution >= 4 is 17.6 Å². The first-order valence-corrected chi connectivity index (χ1v) is 12.3. The van der Waals surface area contributed by atoms with Crippen molar-refractivity contribution in [2.24, 2.45) is 5.10 Å². The lowest BCUT2D eigenvalue weighted by Crippen LogP contribution is -2.40. The molecule has 172 valence electrons. The van der Waals surface area contributed by atoms with E-state index in [2.05, 4.69) is 104 Å². The third-order valence-electron chi connectivity index (χ3n) is 5.95. The van der Waals surface area contributed by atoms with Crippen LogP contribution in [0.5, 0.6) is 0 Å². The quantitative estimate of drug-likeness (QED) is 0.362. The lowest BCUT2D eigenvalue weighted by Gasteiger charge is -2.19. The summed E-state index contributed by atoms with van der Waals surface area (Å²) in [7, 11) is 0. The highest BCUT2D eigenvalue weighted by molar-refractivity contribution is 7.98. The number of hydrazone groups is 1. The first kappa shape index (κ1) is 22.3. The van der Waals surface area contributed by atoms with E-state index in [1.54, 1.807) is 11.8 Å². The lowest BCUT2D eigenvalue weighted by atomic mass is 10.1. The van der Waals surface area contributed by atoms with E-state index in [1.807, 2.05) is 22.0 Å². The molecule has 2 N–H and O–H groups in total. The molecule has 0 atom stereocenters. The molecular formula is C27H28N6S. The predicted octanol–water partition coefficient (Wildman–Crippen LogP) is 5.28. The van der Waals surface area contributed by atoms with Crippen LogP contribution >= 0.6 is 11.8 Å². The summed E-state index contributed by atoms with van der Waals surface area (Å²) in [6.45, 7) is 7.07. The van der Waals surface area contributed by atoms with E-state index >= 15 is 0 Å². The molecule has 1 aliphatic rings. The molecule has 0 unspecified atom stereocenters. The molecule has 34 heavy (non-hydrogen) atoms. The SMILES string of the molecule is Cc1cccc(CN2NNN=C2c2cnn(-c3ccc(C)c(C)c3)c2SCc2ccccc2)c1. The number of rotatable bonds is 7. The molecule has 0 saturated carbocycles. The third kappa shape index (κ3) is 4.71. The standard InChI is InChI=1S/C27H28N6S/c1-19-8-7-11-23(14-19)17-32-26(29-30-31-32)25-16-28-33(24-13-12-20(2)21(3)15-24)27(25)34-18-22-9-5-4-6-10-22/h4-16,30-31H,17-18H2,1-3H3. The Kier molecular flexibility index (Phi) is 6.38. The van der Waals surface area contributed by atoms with Gasteiger partial charge in [-0.15, -0.1) is 22.4 Å². The molecule has 0 radical (unpaired) electrons. The van der Waals surface area contributed by atoms with Crippen molar-refractivity contribution in [3.63, 3.8) is 0 Å². The zero-order valence-corrected chi connectivity index (χ0v) is 20.4. The van der Waals surface area contributed by atoms with Crippen molar-refractivity contribution in [3.05, 3.63) is 112 Å². The van der Waals surface area contributed by atoms with Crippen LogP contribution in [0.3, 0.4) is 0 Å². The molecule has 0 fully saturated rings. The monoisotopic (exact) mass is 468 g/mol. The van der Waals surface area contributed by atoms with Crippen LogP contribution in [0, 0.1) is 20.8 Å². The number of aromatic nitrogens is 2. The van der Waals surface area contributed by atoms with Gasteiger partial charge in [-0.25, -0.2) is 10.2 Å². The number of amidine groups is 1. The Balaban J connectivity index is 1.50. The van der Waals surface area contributed by atoms with Gasteiger partial charge in [-0.05, 0) is 55.2 Å². The maximum absolute atomic E-state index is 4.80. The Morgan fingerprint density at radius 3 is 2.47 bits per heavy atom. The van der Waals surface area contributed by atoms with Gasteiger partial charge in [0.25, 0.3) is 0 Å². The molecule has 4 aromatic rings. The van der Waals surface area contributed by atoms with Gasteiger partial charge in [0.2, 0.25) is 0 Å². The van der Waals surface area contributed by atoms with Gasteiger partial charge in [0.1, 0.15) is 5.03 Å². The van der Waals surface area contributed by atoms with Crippen LogP contribution in [0.2, 0.25) is 0 Å². The van der Waals surface area contributed by atoms with E-state index in [4.69, 9.17) is 5.10 Å². The molecule has 1 aliphatic heterocycles. The summed E-state index contributed by atoms with van der Waals surface area (Å²) in [5, 5.41) is 12.5. The second-order valence-electron chi connectivity index (χ2n) is 8.55. The van der Waals surface area contributed by atoms with E-state index in [9.17, 15) is 0 Å². The molecule has 6 nitrogen and oxygen atoms in total. The smallest absolute Gasteiger partial charge is 0.177 e. The van der Waals surface area contributed by atoms with Crippen molar-refractivity contribution < 1.29 is 0 Å². The lowest BCUT2D eigenvalue weighted by molar-refractivity contribution is 0.288. The fourth-order valence-corrected chi connectivity index (χ4v) is 5.03. The minimum Gasteiger partial charge on any atom is -0.266 e. The van der Waals surface area contributed by atoms with Crippen LogP contribution in [0.25, 0.3) is 5.69 Å². The Hall–Kier alpha value is -3.55. The first-order chi connectivity index (χ1) is 16.6. The molecule has 7 heteroatoms. The summed E-state index contributed by atoms with van der Waals surface area (Å²) in [6.07, 6.45) is 1.92. The number of thioether (sulfide) groups is 1. The minimum absolute atomic E-state index is 0.686. The Morgan fingerprint density at radius 1 is 0.853 bits per heavy atom. The highest BCUT2D eigenvalue weighted by Gasteiger charge is 2.26. The van der Waals surface area contributed by atoms with Crippen molar-refractivity contribution in [2.45, 2.75) is 38.1 Å². The van der Waals surface area contributed by atoms with Gasteiger partial charge in [0.15, 0.2) is 5.84 Å². The maximum Gasteiger partial charge on any atom is 0.177 e. The largest absolute Gasteiger partial charge is 0.266 e. The van der Waals surface area contributed by atoms with Gasteiger partial charge in [-0.3, -0.25) is 5.01 Å². The fourth-order valence-electron chi connectivity index (χ4n) is 3.96. The summed E-state index contributed by atoms with van der Waals surface area (Å²) in [4.78, 5) is 0. The number of hydrogen-bond acceptors (Lipinski definition) is 6. The Labute approximate surface area is 204 Å². The van der Waals surface area contributed by atoms with Gasteiger partial charge in [0, 0.05) is 5.75 Å². The zero-order valence-electron chi connectivity index (χ0n) is 19.6. The molecule has 0 bridgehead atoms. The predicted molar refractivity (Wildman–Crippen MR) is 139 cm³/mol. The van der Waals surface area contributed by atoms with Crippen molar-refractivity contribution in [3.8, 4) is 5.69 Å². The fraction of sp³-hybridized carbons (Fsp3) is 0.185. The van der Waals surface area contributed by atoms with Gasteiger partial charge in [-0.1, -0.05) is 66.2 Å². The first-order valence-electron chi connectivity index (χ1n) is 11.3. The maximum atomic E-state index is 4.80. The van der Waals surface area contributed by atoms with Crippen LogP contribution in [-0.2, 0) is 12.3 Å². The molecule has 3 aromatic carbocycles. The molecule has 5 rings (SSSR count). The number of nitrogens with one attached hydrogen (secondary N) is 2. The van der Waals surface area contributed by atoms with Crippen LogP contribution in [0.1, 0.15) is 33.4 Å². The number of hydrazine groups is 2. The average molecular weight is 469 g/mol. The van der Waals surface area contributed by atoms with E-state index in [-0.39, 0.29) is 0 Å². The van der Waals surface area contributed by atoms with E-state index in [0.717, 1.165) is 27.9 Å². The zero-order chi connectivity index (χ0) is 23.5. The molecular weight excluding hydrogens is 440 g/mol.